The van der Waals surface area contributed by atoms with E-state index in [1.807, 2.05) is 46.8 Å². The fourth-order valence-electron chi connectivity index (χ4n) is 4.65. The van der Waals surface area contributed by atoms with Gasteiger partial charge >= 0.3 is 0 Å². The Kier molecular flexibility index (Phi) is 12.0. The molecule has 0 bridgehead atoms. The number of alkyl halides is 2. The van der Waals surface area contributed by atoms with Crippen LogP contribution in [0.2, 0.25) is 0 Å². The molecule has 40 heavy (non-hydrogen) atoms. The summed E-state index contributed by atoms with van der Waals surface area (Å²) in [5, 5.41) is 7.37. The first-order chi connectivity index (χ1) is 18.7. The second kappa shape index (κ2) is 14.5. The van der Waals surface area contributed by atoms with Crippen molar-refractivity contribution in [2.45, 2.75) is 71.9 Å². The lowest BCUT2D eigenvalue weighted by Crippen LogP contribution is -2.42. The van der Waals surface area contributed by atoms with Gasteiger partial charge in [0.1, 0.15) is 5.82 Å². The van der Waals surface area contributed by atoms with E-state index in [4.69, 9.17) is 11.6 Å². The molecule has 2 unspecified atom stereocenters. The lowest BCUT2D eigenvalue weighted by molar-refractivity contribution is 0.0145. The third-order valence-electron chi connectivity index (χ3n) is 7.32. The highest BCUT2D eigenvalue weighted by Gasteiger charge is 2.46. The lowest BCUT2D eigenvalue weighted by Gasteiger charge is -2.31. The molecule has 1 aliphatic rings. The Labute approximate surface area is 243 Å². The van der Waals surface area contributed by atoms with Crippen LogP contribution in [0.5, 0.6) is 0 Å². The van der Waals surface area contributed by atoms with Gasteiger partial charge in [0.2, 0.25) is 0 Å². The predicted molar refractivity (Wildman–Crippen MR) is 164 cm³/mol. The van der Waals surface area contributed by atoms with E-state index in [1.165, 1.54) is 12.1 Å². The standard InChI is InChI=1S/C33H43ClF3N3/c1-10-21(3)24(6)31(25(7)34)15-22(4)26(8)39-30(17-28-13-12-14-29(35)16-28)19-38-27(9)32-18-33(36,37)20-40(32)23(5)11-2/h10,12-16,30,32,38-39H,1,5,8-9,11,17-20H2,2-4,6-7H3/b22-15+,24-21+,31-25-. The summed E-state index contributed by atoms with van der Waals surface area (Å²) in [5.41, 5.74) is 6.40. The van der Waals surface area contributed by atoms with E-state index in [0.29, 0.717) is 41.5 Å². The van der Waals surface area contributed by atoms with Gasteiger partial charge in [-0.1, -0.05) is 63.0 Å². The molecular weight excluding hydrogens is 531 g/mol. The van der Waals surface area contributed by atoms with Crippen molar-refractivity contribution < 1.29 is 13.2 Å². The third-order valence-corrected chi connectivity index (χ3v) is 7.52. The van der Waals surface area contributed by atoms with Crippen molar-refractivity contribution in [1.82, 2.24) is 15.5 Å². The number of nitrogens with one attached hydrogen (secondary N) is 2. The van der Waals surface area contributed by atoms with Crippen molar-refractivity contribution in [3.05, 3.63) is 119 Å². The van der Waals surface area contributed by atoms with Crippen LogP contribution in [0.15, 0.2) is 107 Å². The second-order valence-electron chi connectivity index (χ2n) is 10.5. The largest absolute Gasteiger partial charge is 0.385 e. The van der Waals surface area contributed by atoms with Crippen LogP contribution in [-0.2, 0) is 6.42 Å². The number of likely N-dealkylation sites (tertiary alicyclic amines) is 1. The van der Waals surface area contributed by atoms with Crippen molar-refractivity contribution in [3.63, 3.8) is 0 Å². The summed E-state index contributed by atoms with van der Waals surface area (Å²) in [5.74, 6) is -3.14. The number of hydrogen-bond acceptors (Lipinski definition) is 3. The summed E-state index contributed by atoms with van der Waals surface area (Å²) < 4.78 is 42.6. The van der Waals surface area contributed by atoms with Gasteiger partial charge in [0, 0.05) is 41.1 Å². The van der Waals surface area contributed by atoms with Crippen LogP contribution in [0.1, 0.15) is 53.0 Å². The SMILES string of the molecule is C=C/C(C)=C(C)/C(/C=C(\C)C(=C)NC(CNC(=C)C1CC(F)(F)CN1C(=C)CC)Cc1cccc(F)c1)=C(/C)Cl. The summed E-state index contributed by atoms with van der Waals surface area (Å²) in [6, 6.07) is 5.60. The van der Waals surface area contributed by atoms with Crippen molar-refractivity contribution in [2.24, 2.45) is 0 Å². The summed E-state index contributed by atoms with van der Waals surface area (Å²) >= 11 is 6.43. The minimum atomic E-state index is -2.81. The van der Waals surface area contributed by atoms with Crippen molar-refractivity contribution in [1.29, 1.82) is 0 Å². The molecule has 1 saturated heterocycles. The van der Waals surface area contributed by atoms with Crippen LogP contribution in [0.25, 0.3) is 0 Å². The van der Waals surface area contributed by atoms with Crippen LogP contribution < -0.4 is 10.6 Å². The van der Waals surface area contributed by atoms with Gasteiger partial charge in [0.05, 0.1) is 12.6 Å². The molecule has 0 aromatic heterocycles. The topological polar surface area (TPSA) is 27.3 Å². The minimum Gasteiger partial charge on any atom is -0.385 e. The maximum atomic E-state index is 14.3. The van der Waals surface area contributed by atoms with E-state index in [2.05, 4.69) is 36.9 Å². The van der Waals surface area contributed by atoms with Gasteiger partial charge in [-0.3, -0.25) is 0 Å². The molecule has 0 saturated carbocycles. The molecule has 2 N–H and O–H groups in total. The molecule has 3 nitrogen and oxygen atoms in total. The first-order valence-electron chi connectivity index (χ1n) is 13.5. The average Bonchev–Trinajstić information content (AvgIpc) is 3.23. The van der Waals surface area contributed by atoms with Gasteiger partial charge < -0.3 is 15.5 Å². The Balaban J connectivity index is 2.27. The summed E-state index contributed by atoms with van der Waals surface area (Å²) in [7, 11) is 0. The highest BCUT2D eigenvalue weighted by Crippen LogP contribution is 2.37. The number of nitrogens with zero attached hydrogens (tertiary/aromatic N) is 1. The number of benzene rings is 1. The molecule has 1 aliphatic heterocycles. The molecule has 2 atom stereocenters. The van der Waals surface area contributed by atoms with Gasteiger partial charge in [-0.2, -0.15) is 0 Å². The fourth-order valence-corrected chi connectivity index (χ4v) is 4.85. The molecule has 0 spiro atoms. The normalized spacial score (nSPS) is 18.9. The van der Waals surface area contributed by atoms with E-state index < -0.39 is 12.0 Å². The van der Waals surface area contributed by atoms with Gasteiger partial charge in [-0.15, -0.1) is 0 Å². The van der Waals surface area contributed by atoms with E-state index >= 15 is 0 Å². The van der Waals surface area contributed by atoms with Gasteiger partial charge in [0.15, 0.2) is 0 Å². The van der Waals surface area contributed by atoms with E-state index in [-0.39, 0.29) is 24.8 Å². The highest BCUT2D eigenvalue weighted by atomic mass is 35.5. The second-order valence-corrected chi connectivity index (χ2v) is 11.0. The maximum absolute atomic E-state index is 14.3. The van der Waals surface area contributed by atoms with E-state index in [0.717, 1.165) is 27.9 Å². The van der Waals surface area contributed by atoms with Gasteiger partial charge in [-0.05, 0) is 86.6 Å². The zero-order valence-electron chi connectivity index (χ0n) is 24.4. The fraction of sp³-hybridized carbons (Fsp3) is 0.394. The van der Waals surface area contributed by atoms with Gasteiger partial charge in [0.25, 0.3) is 5.92 Å². The number of hydrogen-bond donors (Lipinski definition) is 2. The Bertz CT molecular complexity index is 1220. The smallest absolute Gasteiger partial charge is 0.267 e. The predicted octanol–water partition coefficient (Wildman–Crippen LogP) is 8.56. The van der Waals surface area contributed by atoms with E-state index in [1.54, 1.807) is 17.0 Å². The zero-order valence-corrected chi connectivity index (χ0v) is 25.2. The Morgan fingerprint density at radius 3 is 2.45 bits per heavy atom. The maximum Gasteiger partial charge on any atom is 0.267 e. The third kappa shape index (κ3) is 9.22. The van der Waals surface area contributed by atoms with Gasteiger partial charge in [-0.25, -0.2) is 13.2 Å². The molecule has 0 radical (unpaired) electrons. The van der Waals surface area contributed by atoms with Crippen LogP contribution in [0.4, 0.5) is 13.2 Å². The molecule has 0 amide bonds. The van der Waals surface area contributed by atoms with E-state index in [9.17, 15) is 13.2 Å². The molecule has 7 heteroatoms. The molecule has 1 aromatic rings. The summed E-state index contributed by atoms with van der Waals surface area (Å²) in [6.07, 6.45) is 4.49. The van der Waals surface area contributed by atoms with Crippen LogP contribution in [0.3, 0.4) is 0 Å². The quantitative estimate of drug-likeness (QED) is 0.218. The first-order valence-corrected chi connectivity index (χ1v) is 13.9. The molecule has 1 heterocycles. The Morgan fingerprint density at radius 2 is 1.88 bits per heavy atom. The lowest BCUT2D eigenvalue weighted by atomic mass is 9.98. The molecule has 2 rings (SSSR count). The summed E-state index contributed by atoms with van der Waals surface area (Å²) in [4.78, 5) is 1.64. The van der Waals surface area contributed by atoms with Crippen molar-refractivity contribution >= 4 is 11.6 Å². The first kappa shape index (κ1) is 33.1. The summed E-state index contributed by atoms with van der Waals surface area (Å²) in [6.45, 7) is 25.8. The van der Waals surface area contributed by atoms with Crippen molar-refractivity contribution in [2.75, 3.05) is 13.1 Å². The molecule has 0 aliphatic carbocycles. The molecule has 1 aromatic carbocycles. The average molecular weight is 574 g/mol. The number of rotatable bonds is 14. The Hall–Kier alpha value is -3.12. The number of halogens is 4. The minimum absolute atomic E-state index is 0.241. The van der Waals surface area contributed by atoms with Crippen molar-refractivity contribution in [3.8, 4) is 0 Å². The van der Waals surface area contributed by atoms with Crippen LogP contribution in [-0.4, -0.2) is 36.0 Å². The molecule has 218 valence electrons. The van der Waals surface area contributed by atoms with Crippen LogP contribution >= 0.6 is 11.6 Å². The molecule has 1 fully saturated rings. The highest BCUT2D eigenvalue weighted by molar-refractivity contribution is 6.30. The van der Waals surface area contributed by atoms with Crippen LogP contribution in [0, 0.1) is 5.82 Å². The zero-order chi connectivity index (χ0) is 30.2. The number of allylic oxidation sites excluding steroid dienone is 8. The monoisotopic (exact) mass is 573 g/mol. The Morgan fingerprint density at radius 1 is 1.20 bits per heavy atom. The molecular formula is C33H43ClF3N3.